The summed E-state index contributed by atoms with van der Waals surface area (Å²) in [5.41, 5.74) is 0.206. The molecule has 2 rings (SSSR count). The smallest absolute Gasteiger partial charge is 0.251 e. The number of ether oxygens (including phenoxy) is 2. The molecule has 1 aliphatic rings. The van der Waals surface area contributed by atoms with Crippen LogP contribution < -0.4 is 14.8 Å². The molecule has 0 spiro atoms. The van der Waals surface area contributed by atoms with Crippen molar-refractivity contribution in [2.75, 3.05) is 19.1 Å². The second kappa shape index (κ2) is 6.35. The van der Waals surface area contributed by atoms with Crippen LogP contribution in [0.3, 0.4) is 0 Å². The molecule has 110 valence electrons. The molecule has 0 aliphatic carbocycles. The summed E-state index contributed by atoms with van der Waals surface area (Å²) < 4.78 is 10.9. The SMILES string of the molecule is CCC(CC)(CCl)NC(=O)c1ccc2c(c1)OCCO2. The quantitative estimate of drug-likeness (QED) is 0.850. The van der Waals surface area contributed by atoms with Gasteiger partial charge in [-0.15, -0.1) is 11.6 Å². The van der Waals surface area contributed by atoms with Gasteiger partial charge in [0.05, 0.1) is 5.54 Å². The van der Waals surface area contributed by atoms with Gasteiger partial charge in [0.1, 0.15) is 13.2 Å². The van der Waals surface area contributed by atoms with Crippen LogP contribution in [0.15, 0.2) is 18.2 Å². The van der Waals surface area contributed by atoms with E-state index in [-0.39, 0.29) is 11.4 Å². The Labute approximate surface area is 124 Å². The van der Waals surface area contributed by atoms with E-state index >= 15 is 0 Å². The minimum absolute atomic E-state index is 0.133. The van der Waals surface area contributed by atoms with Crippen LogP contribution in [-0.2, 0) is 0 Å². The van der Waals surface area contributed by atoms with Crippen LogP contribution in [0.4, 0.5) is 0 Å². The third-order valence-electron chi connectivity index (χ3n) is 3.79. The first-order chi connectivity index (χ1) is 9.64. The lowest BCUT2D eigenvalue weighted by Gasteiger charge is -2.30. The summed E-state index contributed by atoms with van der Waals surface area (Å²) in [5, 5.41) is 3.04. The van der Waals surface area contributed by atoms with Crippen molar-refractivity contribution < 1.29 is 14.3 Å². The number of benzene rings is 1. The van der Waals surface area contributed by atoms with Crippen molar-refractivity contribution in [3.05, 3.63) is 23.8 Å². The maximum atomic E-state index is 12.4. The Morgan fingerprint density at radius 2 is 1.90 bits per heavy atom. The molecule has 4 nitrogen and oxygen atoms in total. The Morgan fingerprint density at radius 3 is 2.50 bits per heavy atom. The van der Waals surface area contributed by atoms with Crippen LogP contribution in [0.1, 0.15) is 37.0 Å². The van der Waals surface area contributed by atoms with Crippen molar-refractivity contribution in [2.45, 2.75) is 32.2 Å². The third kappa shape index (κ3) is 3.01. The molecule has 0 radical (unpaired) electrons. The molecule has 0 atom stereocenters. The first-order valence-electron chi connectivity index (χ1n) is 6.92. The Morgan fingerprint density at radius 1 is 1.25 bits per heavy atom. The van der Waals surface area contributed by atoms with E-state index in [0.717, 1.165) is 12.8 Å². The highest BCUT2D eigenvalue weighted by molar-refractivity contribution is 6.19. The van der Waals surface area contributed by atoms with Gasteiger partial charge in [0, 0.05) is 11.4 Å². The van der Waals surface area contributed by atoms with Crippen molar-refractivity contribution in [3.63, 3.8) is 0 Å². The molecule has 1 aromatic carbocycles. The number of carbonyl (C=O) groups excluding carboxylic acids is 1. The van der Waals surface area contributed by atoms with Gasteiger partial charge in [0.25, 0.3) is 5.91 Å². The second-order valence-electron chi connectivity index (χ2n) is 4.93. The molecule has 1 aromatic rings. The molecule has 1 N–H and O–H groups in total. The number of alkyl halides is 1. The normalized spacial score (nSPS) is 13.9. The molecule has 0 saturated carbocycles. The van der Waals surface area contributed by atoms with Gasteiger partial charge in [0.15, 0.2) is 11.5 Å². The molecule has 0 saturated heterocycles. The summed E-state index contributed by atoms with van der Waals surface area (Å²) in [6, 6.07) is 5.23. The second-order valence-corrected chi connectivity index (χ2v) is 5.20. The average molecular weight is 298 g/mol. The topological polar surface area (TPSA) is 47.6 Å². The summed E-state index contributed by atoms with van der Waals surface area (Å²) in [7, 11) is 0. The minimum atomic E-state index is -0.355. The van der Waals surface area contributed by atoms with Crippen molar-refractivity contribution in [1.82, 2.24) is 5.32 Å². The number of amides is 1. The molecular formula is C15H20ClNO3. The molecule has 5 heteroatoms. The Kier molecular flexibility index (Phi) is 4.76. The van der Waals surface area contributed by atoms with Gasteiger partial charge in [-0.1, -0.05) is 13.8 Å². The van der Waals surface area contributed by atoms with Crippen LogP contribution in [0.25, 0.3) is 0 Å². The number of hydrogen-bond donors (Lipinski definition) is 1. The highest BCUT2D eigenvalue weighted by atomic mass is 35.5. The van der Waals surface area contributed by atoms with Gasteiger partial charge >= 0.3 is 0 Å². The van der Waals surface area contributed by atoms with Crippen LogP contribution in [-0.4, -0.2) is 30.5 Å². The first kappa shape index (κ1) is 15.0. The minimum Gasteiger partial charge on any atom is -0.486 e. The number of hydrogen-bond acceptors (Lipinski definition) is 3. The van der Waals surface area contributed by atoms with E-state index in [4.69, 9.17) is 21.1 Å². The highest BCUT2D eigenvalue weighted by Crippen LogP contribution is 2.31. The Balaban J connectivity index is 2.17. The van der Waals surface area contributed by atoms with E-state index in [9.17, 15) is 4.79 Å². The summed E-state index contributed by atoms with van der Waals surface area (Å²) in [6.45, 7) is 5.10. The fourth-order valence-electron chi connectivity index (χ4n) is 2.15. The van der Waals surface area contributed by atoms with E-state index in [2.05, 4.69) is 5.32 Å². The zero-order valence-corrected chi connectivity index (χ0v) is 12.6. The van der Waals surface area contributed by atoms with Crippen LogP contribution in [0, 0.1) is 0 Å². The van der Waals surface area contributed by atoms with Gasteiger partial charge in [-0.05, 0) is 31.0 Å². The maximum absolute atomic E-state index is 12.4. The van der Waals surface area contributed by atoms with Crippen molar-refractivity contribution in [1.29, 1.82) is 0 Å². The number of halogens is 1. The molecular weight excluding hydrogens is 278 g/mol. The van der Waals surface area contributed by atoms with Crippen LogP contribution >= 0.6 is 11.6 Å². The van der Waals surface area contributed by atoms with Gasteiger partial charge in [0.2, 0.25) is 0 Å². The number of fused-ring (bicyclic) bond motifs is 1. The monoisotopic (exact) mass is 297 g/mol. The molecule has 1 heterocycles. The predicted molar refractivity (Wildman–Crippen MR) is 78.9 cm³/mol. The fourth-order valence-corrected chi connectivity index (χ4v) is 2.59. The van der Waals surface area contributed by atoms with Crippen LogP contribution in [0.5, 0.6) is 11.5 Å². The zero-order chi connectivity index (χ0) is 14.6. The first-order valence-corrected chi connectivity index (χ1v) is 7.45. The maximum Gasteiger partial charge on any atom is 0.251 e. The van der Waals surface area contributed by atoms with Gasteiger partial charge in [-0.3, -0.25) is 4.79 Å². The number of rotatable bonds is 5. The predicted octanol–water partition coefficient (Wildman–Crippen LogP) is 2.99. The highest BCUT2D eigenvalue weighted by Gasteiger charge is 2.28. The molecule has 20 heavy (non-hydrogen) atoms. The fraction of sp³-hybridized carbons (Fsp3) is 0.533. The summed E-state index contributed by atoms with van der Waals surface area (Å²) >= 11 is 6.01. The molecule has 0 unspecified atom stereocenters. The van der Waals surface area contributed by atoms with E-state index in [1.165, 1.54) is 0 Å². The lowest BCUT2D eigenvalue weighted by Crippen LogP contribution is -2.49. The molecule has 1 aliphatic heterocycles. The number of nitrogens with one attached hydrogen (secondary N) is 1. The van der Waals surface area contributed by atoms with Crippen molar-refractivity contribution >= 4 is 17.5 Å². The van der Waals surface area contributed by atoms with Crippen LogP contribution in [0.2, 0.25) is 0 Å². The van der Waals surface area contributed by atoms with Crippen molar-refractivity contribution in [3.8, 4) is 11.5 Å². The number of carbonyl (C=O) groups is 1. The van der Waals surface area contributed by atoms with E-state index in [1.807, 2.05) is 13.8 Å². The third-order valence-corrected chi connectivity index (χ3v) is 4.30. The Hall–Kier alpha value is -1.42. The van der Waals surface area contributed by atoms with Gasteiger partial charge in [-0.25, -0.2) is 0 Å². The summed E-state index contributed by atoms with van der Waals surface area (Å²) in [4.78, 5) is 12.4. The van der Waals surface area contributed by atoms with E-state index in [0.29, 0.717) is 36.2 Å². The Bertz CT molecular complexity index is 478. The zero-order valence-electron chi connectivity index (χ0n) is 11.9. The summed E-state index contributed by atoms with van der Waals surface area (Å²) in [6.07, 6.45) is 1.59. The van der Waals surface area contributed by atoms with Gasteiger partial charge < -0.3 is 14.8 Å². The van der Waals surface area contributed by atoms with Crippen molar-refractivity contribution in [2.24, 2.45) is 0 Å². The largest absolute Gasteiger partial charge is 0.486 e. The molecule has 0 fully saturated rings. The lowest BCUT2D eigenvalue weighted by atomic mass is 9.94. The lowest BCUT2D eigenvalue weighted by molar-refractivity contribution is 0.0901. The van der Waals surface area contributed by atoms with E-state index < -0.39 is 0 Å². The van der Waals surface area contributed by atoms with E-state index in [1.54, 1.807) is 18.2 Å². The molecule has 0 bridgehead atoms. The summed E-state index contributed by atoms with van der Waals surface area (Å²) in [5.74, 6) is 1.57. The molecule has 1 amide bonds. The van der Waals surface area contributed by atoms with Gasteiger partial charge in [-0.2, -0.15) is 0 Å². The standard InChI is InChI=1S/C15H20ClNO3/c1-3-15(4-2,10-16)17-14(18)11-5-6-12-13(9-11)20-8-7-19-12/h5-6,9H,3-4,7-8,10H2,1-2H3,(H,17,18). The molecule has 0 aromatic heterocycles. The average Bonchev–Trinajstić information content (AvgIpc) is 2.52.